The maximum atomic E-state index is 5.86. The van der Waals surface area contributed by atoms with E-state index in [-0.39, 0.29) is 0 Å². The standard InChI is InChI=1S/C9H12ClN3O/c1-7-6-8(10)12-9(11-7)13-2-4-14-5-3-13/h6H,2-5H2,1H3. The SMILES string of the molecule is Cc1cc(Cl)nc(N2CCOCC2)n1. The zero-order chi connectivity index (χ0) is 9.97. The number of aryl methyl sites for hydroxylation is 1. The van der Waals surface area contributed by atoms with Crippen LogP contribution in [-0.2, 0) is 4.74 Å². The summed E-state index contributed by atoms with van der Waals surface area (Å²) in [4.78, 5) is 10.6. The van der Waals surface area contributed by atoms with Crippen molar-refractivity contribution >= 4 is 17.5 Å². The topological polar surface area (TPSA) is 38.2 Å². The molecule has 0 amide bonds. The van der Waals surface area contributed by atoms with Gasteiger partial charge in [0.25, 0.3) is 0 Å². The molecule has 0 aromatic carbocycles. The molecule has 0 radical (unpaired) electrons. The Morgan fingerprint density at radius 1 is 1.36 bits per heavy atom. The highest BCUT2D eigenvalue weighted by Gasteiger charge is 2.14. The van der Waals surface area contributed by atoms with Gasteiger partial charge in [0.2, 0.25) is 5.95 Å². The fraction of sp³-hybridized carbons (Fsp3) is 0.556. The molecule has 1 aliphatic heterocycles. The molecule has 1 saturated heterocycles. The Hall–Kier alpha value is -0.870. The van der Waals surface area contributed by atoms with Crippen LogP contribution < -0.4 is 4.90 Å². The Morgan fingerprint density at radius 3 is 2.71 bits per heavy atom. The number of aromatic nitrogens is 2. The maximum absolute atomic E-state index is 5.86. The van der Waals surface area contributed by atoms with Crippen molar-refractivity contribution < 1.29 is 4.74 Å². The van der Waals surface area contributed by atoms with Gasteiger partial charge in [-0.2, -0.15) is 0 Å². The molecule has 2 rings (SSSR count). The van der Waals surface area contributed by atoms with Crippen molar-refractivity contribution in [2.24, 2.45) is 0 Å². The van der Waals surface area contributed by atoms with Crippen LogP contribution in [0.3, 0.4) is 0 Å². The third kappa shape index (κ3) is 2.13. The molecule has 2 heterocycles. The summed E-state index contributed by atoms with van der Waals surface area (Å²) in [5.41, 5.74) is 0.895. The van der Waals surface area contributed by atoms with Crippen LogP contribution >= 0.6 is 11.6 Å². The maximum Gasteiger partial charge on any atom is 0.227 e. The Bertz CT molecular complexity index is 306. The molecule has 4 nitrogen and oxygen atoms in total. The van der Waals surface area contributed by atoms with Gasteiger partial charge in [0.05, 0.1) is 13.2 Å². The van der Waals surface area contributed by atoms with Gasteiger partial charge in [-0.05, 0) is 13.0 Å². The lowest BCUT2D eigenvalue weighted by Crippen LogP contribution is -2.37. The van der Waals surface area contributed by atoms with E-state index in [1.165, 1.54) is 0 Å². The number of hydrogen-bond acceptors (Lipinski definition) is 4. The molecule has 1 fully saturated rings. The first-order valence-electron chi connectivity index (χ1n) is 4.59. The highest BCUT2D eigenvalue weighted by molar-refractivity contribution is 6.29. The van der Waals surface area contributed by atoms with E-state index in [9.17, 15) is 0 Å². The number of hydrogen-bond donors (Lipinski definition) is 0. The van der Waals surface area contributed by atoms with Crippen molar-refractivity contribution in [1.29, 1.82) is 0 Å². The number of halogens is 1. The minimum atomic E-state index is 0.499. The van der Waals surface area contributed by atoms with E-state index in [1.54, 1.807) is 6.07 Å². The summed E-state index contributed by atoms with van der Waals surface area (Å²) >= 11 is 5.86. The first-order valence-corrected chi connectivity index (χ1v) is 4.97. The van der Waals surface area contributed by atoms with Crippen LogP contribution in [0, 0.1) is 6.92 Å². The molecule has 14 heavy (non-hydrogen) atoms. The van der Waals surface area contributed by atoms with Crippen molar-refractivity contribution in [3.05, 3.63) is 16.9 Å². The molecule has 0 N–H and O–H groups in total. The van der Waals surface area contributed by atoms with E-state index in [0.29, 0.717) is 11.1 Å². The van der Waals surface area contributed by atoms with Gasteiger partial charge in [-0.25, -0.2) is 9.97 Å². The molecule has 0 unspecified atom stereocenters. The zero-order valence-corrected chi connectivity index (χ0v) is 8.79. The quantitative estimate of drug-likeness (QED) is 0.659. The molecular weight excluding hydrogens is 202 g/mol. The normalized spacial score (nSPS) is 17.1. The molecule has 76 valence electrons. The van der Waals surface area contributed by atoms with Crippen LogP contribution in [0.2, 0.25) is 5.15 Å². The largest absolute Gasteiger partial charge is 0.378 e. The molecule has 0 atom stereocenters. The van der Waals surface area contributed by atoms with Crippen LogP contribution in [0.25, 0.3) is 0 Å². The lowest BCUT2D eigenvalue weighted by molar-refractivity contribution is 0.122. The number of nitrogens with zero attached hydrogens (tertiary/aromatic N) is 3. The molecule has 0 spiro atoms. The van der Waals surface area contributed by atoms with Crippen LogP contribution in [-0.4, -0.2) is 36.3 Å². The summed E-state index contributed by atoms with van der Waals surface area (Å²) in [6, 6.07) is 1.76. The monoisotopic (exact) mass is 213 g/mol. The number of morpholine rings is 1. The zero-order valence-electron chi connectivity index (χ0n) is 8.03. The summed E-state index contributed by atoms with van der Waals surface area (Å²) in [7, 11) is 0. The first kappa shape index (κ1) is 9.68. The van der Waals surface area contributed by atoms with Gasteiger partial charge >= 0.3 is 0 Å². The summed E-state index contributed by atoms with van der Waals surface area (Å²) < 4.78 is 5.25. The Kier molecular flexibility index (Phi) is 2.84. The van der Waals surface area contributed by atoms with Crippen LogP contribution in [0.5, 0.6) is 0 Å². The lowest BCUT2D eigenvalue weighted by Gasteiger charge is -2.26. The number of ether oxygens (including phenoxy) is 1. The highest BCUT2D eigenvalue weighted by Crippen LogP contribution is 2.14. The van der Waals surface area contributed by atoms with E-state index in [4.69, 9.17) is 16.3 Å². The van der Waals surface area contributed by atoms with E-state index in [0.717, 1.165) is 32.0 Å². The molecule has 5 heteroatoms. The Balaban J connectivity index is 2.21. The molecule has 0 aliphatic carbocycles. The van der Waals surface area contributed by atoms with Gasteiger partial charge in [0.15, 0.2) is 0 Å². The van der Waals surface area contributed by atoms with Crippen molar-refractivity contribution in [2.75, 3.05) is 31.2 Å². The predicted octanol–water partition coefficient (Wildman–Crippen LogP) is 1.28. The minimum Gasteiger partial charge on any atom is -0.378 e. The molecule has 1 aromatic heterocycles. The number of rotatable bonds is 1. The Morgan fingerprint density at radius 2 is 2.07 bits per heavy atom. The fourth-order valence-corrected chi connectivity index (χ4v) is 1.65. The fourth-order valence-electron chi connectivity index (χ4n) is 1.42. The summed E-state index contributed by atoms with van der Waals surface area (Å²) in [5.74, 6) is 0.707. The van der Waals surface area contributed by atoms with Gasteiger partial charge in [-0.1, -0.05) is 11.6 Å². The molecule has 1 aliphatic rings. The minimum absolute atomic E-state index is 0.499. The summed E-state index contributed by atoms with van der Waals surface area (Å²) in [5, 5.41) is 0.499. The Labute approximate surface area is 87.9 Å². The number of anilines is 1. The van der Waals surface area contributed by atoms with Gasteiger partial charge in [0.1, 0.15) is 5.15 Å². The third-order valence-electron chi connectivity index (χ3n) is 2.11. The van der Waals surface area contributed by atoms with Crippen molar-refractivity contribution in [1.82, 2.24) is 9.97 Å². The van der Waals surface area contributed by atoms with E-state index < -0.39 is 0 Å². The van der Waals surface area contributed by atoms with E-state index in [2.05, 4.69) is 14.9 Å². The van der Waals surface area contributed by atoms with E-state index in [1.807, 2.05) is 6.92 Å². The van der Waals surface area contributed by atoms with Crippen LogP contribution in [0.15, 0.2) is 6.07 Å². The summed E-state index contributed by atoms with van der Waals surface area (Å²) in [6.45, 7) is 5.04. The van der Waals surface area contributed by atoms with Crippen molar-refractivity contribution in [3.8, 4) is 0 Å². The van der Waals surface area contributed by atoms with Gasteiger partial charge in [-0.3, -0.25) is 0 Å². The van der Waals surface area contributed by atoms with Gasteiger partial charge in [0, 0.05) is 18.8 Å². The molecular formula is C9H12ClN3O. The second-order valence-electron chi connectivity index (χ2n) is 3.23. The molecule has 1 aromatic rings. The first-order chi connectivity index (χ1) is 6.75. The van der Waals surface area contributed by atoms with Crippen LogP contribution in [0.4, 0.5) is 5.95 Å². The average Bonchev–Trinajstić information content (AvgIpc) is 2.18. The third-order valence-corrected chi connectivity index (χ3v) is 2.30. The average molecular weight is 214 g/mol. The van der Waals surface area contributed by atoms with Crippen LogP contribution in [0.1, 0.15) is 5.69 Å². The van der Waals surface area contributed by atoms with Gasteiger partial charge < -0.3 is 9.64 Å². The van der Waals surface area contributed by atoms with Crippen molar-refractivity contribution in [3.63, 3.8) is 0 Å². The highest BCUT2D eigenvalue weighted by atomic mass is 35.5. The van der Waals surface area contributed by atoms with E-state index >= 15 is 0 Å². The lowest BCUT2D eigenvalue weighted by atomic mass is 10.4. The van der Waals surface area contributed by atoms with Crippen molar-refractivity contribution in [2.45, 2.75) is 6.92 Å². The second-order valence-corrected chi connectivity index (χ2v) is 3.62. The molecule has 0 saturated carbocycles. The second kappa shape index (κ2) is 4.11. The summed E-state index contributed by atoms with van der Waals surface area (Å²) in [6.07, 6.45) is 0. The molecule has 0 bridgehead atoms. The predicted molar refractivity (Wildman–Crippen MR) is 54.8 cm³/mol. The van der Waals surface area contributed by atoms with Gasteiger partial charge in [-0.15, -0.1) is 0 Å². The smallest absolute Gasteiger partial charge is 0.227 e.